The van der Waals surface area contributed by atoms with Crippen LogP contribution in [0.25, 0.3) is 16.8 Å². The van der Waals surface area contributed by atoms with Gasteiger partial charge >= 0.3 is 0 Å². The van der Waals surface area contributed by atoms with Crippen LogP contribution >= 0.6 is 11.8 Å². The molecule has 3 heterocycles. The number of rotatable bonds is 7. The SMILES string of the molecule is COc1ccc(-c2cnn3c(SCC(=O)N[C@H]4CCS(=O)(=O)C4)cc(C)nc23)cc1OC. The normalized spacial score (nSPS) is 17.4. The molecule has 1 atom stereocenters. The Morgan fingerprint density at radius 2 is 2.03 bits per heavy atom. The number of ether oxygens (including phenoxy) is 2. The fourth-order valence-electron chi connectivity index (χ4n) is 3.68. The van der Waals surface area contributed by atoms with E-state index in [2.05, 4.69) is 15.4 Å². The number of nitrogens with zero attached hydrogens (tertiary/aromatic N) is 3. The highest BCUT2D eigenvalue weighted by atomic mass is 32.2. The van der Waals surface area contributed by atoms with Crippen LogP contribution in [0.1, 0.15) is 12.1 Å². The number of hydrogen-bond acceptors (Lipinski definition) is 8. The summed E-state index contributed by atoms with van der Waals surface area (Å²) >= 11 is 1.33. The second-order valence-corrected chi connectivity index (χ2v) is 10.8. The van der Waals surface area contributed by atoms with Gasteiger partial charge in [-0.3, -0.25) is 4.79 Å². The molecule has 0 spiro atoms. The lowest BCUT2D eigenvalue weighted by Crippen LogP contribution is -2.36. The minimum Gasteiger partial charge on any atom is -0.493 e. The summed E-state index contributed by atoms with van der Waals surface area (Å²) in [6.45, 7) is 1.89. The van der Waals surface area contributed by atoms with Crippen molar-refractivity contribution < 1.29 is 22.7 Å². The summed E-state index contributed by atoms with van der Waals surface area (Å²) < 4.78 is 35.6. The average Bonchev–Trinajstić information content (AvgIpc) is 3.33. The van der Waals surface area contributed by atoms with Gasteiger partial charge in [-0.2, -0.15) is 5.10 Å². The molecular formula is C21H24N4O5S2. The van der Waals surface area contributed by atoms with E-state index in [1.807, 2.05) is 31.2 Å². The van der Waals surface area contributed by atoms with Gasteiger partial charge in [0.1, 0.15) is 5.03 Å². The van der Waals surface area contributed by atoms with Crippen LogP contribution in [0.4, 0.5) is 0 Å². The van der Waals surface area contributed by atoms with Crippen LogP contribution in [-0.4, -0.2) is 66.4 Å². The smallest absolute Gasteiger partial charge is 0.230 e. The first-order valence-corrected chi connectivity index (χ1v) is 12.8. The number of hydrogen-bond donors (Lipinski definition) is 1. The Kier molecular flexibility index (Phi) is 6.29. The molecule has 9 nitrogen and oxygen atoms in total. The Balaban J connectivity index is 1.55. The van der Waals surface area contributed by atoms with Crippen LogP contribution in [-0.2, 0) is 14.6 Å². The summed E-state index contributed by atoms with van der Waals surface area (Å²) in [5.41, 5.74) is 3.18. The van der Waals surface area contributed by atoms with Crippen molar-refractivity contribution in [2.24, 2.45) is 0 Å². The van der Waals surface area contributed by atoms with Crippen LogP contribution in [0.2, 0.25) is 0 Å². The quantitative estimate of drug-likeness (QED) is 0.408. The summed E-state index contributed by atoms with van der Waals surface area (Å²) in [6, 6.07) is 7.18. The maximum absolute atomic E-state index is 12.4. The highest BCUT2D eigenvalue weighted by Gasteiger charge is 2.28. The molecule has 0 unspecified atom stereocenters. The maximum Gasteiger partial charge on any atom is 0.230 e. The molecule has 2 aromatic heterocycles. The van der Waals surface area contributed by atoms with Crippen LogP contribution in [0.5, 0.6) is 11.5 Å². The van der Waals surface area contributed by atoms with E-state index in [1.165, 1.54) is 11.8 Å². The molecule has 1 amide bonds. The second-order valence-electron chi connectivity index (χ2n) is 7.56. The van der Waals surface area contributed by atoms with Gasteiger partial charge in [0, 0.05) is 17.3 Å². The number of sulfone groups is 1. The third-order valence-corrected chi connectivity index (χ3v) is 7.97. The number of nitrogens with one attached hydrogen (secondary N) is 1. The van der Waals surface area contributed by atoms with Gasteiger partial charge in [0.2, 0.25) is 5.91 Å². The summed E-state index contributed by atoms with van der Waals surface area (Å²) in [7, 11) is 0.134. The lowest BCUT2D eigenvalue weighted by molar-refractivity contribution is -0.119. The summed E-state index contributed by atoms with van der Waals surface area (Å²) in [4.78, 5) is 17.0. The Labute approximate surface area is 190 Å². The summed E-state index contributed by atoms with van der Waals surface area (Å²) in [5, 5.41) is 8.07. The van der Waals surface area contributed by atoms with Crippen molar-refractivity contribution in [3.8, 4) is 22.6 Å². The Morgan fingerprint density at radius 3 is 2.72 bits per heavy atom. The van der Waals surface area contributed by atoms with Crippen LogP contribution in [0.15, 0.2) is 35.5 Å². The van der Waals surface area contributed by atoms with Crippen molar-refractivity contribution in [1.29, 1.82) is 0 Å². The molecule has 1 fully saturated rings. The standard InChI is InChI=1S/C21H24N4O5S2/c1-13-8-20(31-11-19(26)24-15-6-7-32(27,28)12-15)25-21(23-13)16(10-22-25)14-4-5-17(29-2)18(9-14)30-3/h4-5,8-10,15H,6-7,11-12H2,1-3H3,(H,24,26)/t15-/m0/s1. The van der Waals surface area contributed by atoms with Crippen LogP contribution in [0.3, 0.4) is 0 Å². The topological polar surface area (TPSA) is 112 Å². The first-order chi connectivity index (χ1) is 15.3. The van der Waals surface area contributed by atoms with E-state index in [0.29, 0.717) is 23.6 Å². The third-order valence-electron chi connectivity index (χ3n) is 5.21. The Bertz CT molecular complexity index is 1270. The van der Waals surface area contributed by atoms with Gasteiger partial charge in [0.05, 0.1) is 37.7 Å². The van der Waals surface area contributed by atoms with E-state index in [-0.39, 0.29) is 29.2 Å². The van der Waals surface area contributed by atoms with Gasteiger partial charge in [0.25, 0.3) is 0 Å². The van der Waals surface area contributed by atoms with E-state index in [0.717, 1.165) is 21.8 Å². The van der Waals surface area contributed by atoms with E-state index in [1.54, 1.807) is 24.9 Å². The predicted octanol–water partition coefficient (Wildman–Crippen LogP) is 2.12. The lowest BCUT2D eigenvalue weighted by Gasteiger charge is -2.11. The first-order valence-electron chi connectivity index (χ1n) is 10.00. The maximum atomic E-state index is 12.4. The van der Waals surface area contributed by atoms with Gasteiger partial charge < -0.3 is 14.8 Å². The summed E-state index contributed by atoms with van der Waals surface area (Å²) in [5.74, 6) is 1.33. The van der Waals surface area contributed by atoms with Crippen LogP contribution < -0.4 is 14.8 Å². The van der Waals surface area contributed by atoms with Gasteiger partial charge in [-0.1, -0.05) is 17.8 Å². The molecule has 0 bridgehead atoms. The zero-order chi connectivity index (χ0) is 22.9. The van der Waals surface area contributed by atoms with Crippen molar-refractivity contribution in [1.82, 2.24) is 19.9 Å². The number of methoxy groups -OCH3 is 2. The molecule has 11 heteroatoms. The zero-order valence-electron chi connectivity index (χ0n) is 18.0. The molecule has 0 aliphatic carbocycles. The molecule has 1 aliphatic rings. The predicted molar refractivity (Wildman–Crippen MR) is 122 cm³/mol. The van der Waals surface area contributed by atoms with Crippen molar-refractivity contribution in [3.63, 3.8) is 0 Å². The minimum absolute atomic E-state index is 0.00978. The highest BCUT2D eigenvalue weighted by molar-refractivity contribution is 7.99. The van der Waals surface area contributed by atoms with E-state index in [9.17, 15) is 13.2 Å². The van der Waals surface area contributed by atoms with Crippen molar-refractivity contribution in [3.05, 3.63) is 36.2 Å². The van der Waals surface area contributed by atoms with Crippen molar-refractivity contribution in [2.45, 2.75) is 24.4 Å². The van der Waals surface area contributed by atoms with Crippen LogP contribution in [0, 0.1) is 6.92 Å². The average molecular weight is 477 g/mol. The molecule has 1 aromatic carbocycles. The monoisotopic (exact) mass is 476 g/mol. The Morgan fingerprint density at radius 1 is 1.25 bits per heavy atom. The van der Waals surface area contributed by atoms with E-state index in [4.69, 9.17) is 9.47 Å². The second kappa shape index (κ2) is 8.99. The molecule has 0 saturated carbocycles. The fraction of sp³-hybridized carbons (Fsp3) is 0.381. The lowest BCUT2D eigenvalue weighted by atomic mass is 10.1. The molecule has 4 rings (SSSR count). The van der Waals surface area contributed by atoms with Gasteiger partial charge in [-0.25, -0.2) is 17.9 Å². The van der Waals surface area contributed by atoms with E-state index >= 15 is 0 Å². The van der Waals surface area contributed by atoms with Gasteiger partial charge in [-0.15, -0.1) is 0 Å². The van der Waals surface area contributed by atoms with Crippen molar-refractivity contribution >= 4 is 33.2 Å². The molecule has 1 saturated heterocycles. The third kappa shape index (κ3) is 4.68. The van der Waals surface area contributed by atoms with Crippen molar-refractivity contribution in [2.75, 3.05) is 31.5 Å². The number of fused-ring (bicyclic) bond motifs is 1. The number of aromatic nitrogens is 3. The van der Waals surface area contributed by atoms with Gasteiger partial charge in [0.15, 0.2) is 27.0 Å². The number of carbonyl (C=O) groups excluding carboxylic acids is 1. The largest absolute Gasteiger partial charge is 0.493 e. The number of thioether (sulfide) groups is 1. The van der Waals surface area contributed by atoms with Gasteiger partial charge in [-0.05, 0) is 37.1 Å². The summed E-state index contributed by atoms with van der Waals surface area (Å²) in [6.07, 6.45) is 2.20. The minimum atomic E-state index is -3.04. The number of carbonyl (C=O) groups is 1. The number of benzene rings is 1. The molecule has 3 aromatic rings. The number of aryl methyl sites for hydroxylation is 1. The van der Waals surface area contributed by atoms with E-state index < -0.39 is 9.84 Å². The first kappa shape index (κ1) is 22.4. The molecule has 1 N–H and O–H groups in total. The zero-order valence-corrected chi connectivity index (χ0v) is 19.6. The molecule has 32 heavy (non-hydrogen) atoms. The fourth-order valence-corrected chi connectivity index (χ4v) is 6.22. The Hall–Kier alpha value is -2.79. The molecule has 170 valence electrons. The molecule has 1 aliphatic heterocycles. The molecular weight excluding hydrogens is 452 g/mol. The molecule has 0 radical (unpaired) electrons. The number of amides is 1. The highest BCUT2D eigenvalue weighted by Crippen LogP contribution is 2.34.